The molecule has 0 aliphatic heterocycles. The molecule has 2 heterocycles. The summed E-state index contributed by atoms with van der Waals surface area (Å²) in [6, 6.07) is 5.75. The van der Waals surface area contributed by atoms with Gasteiger partial charge in [0.1, 0.15) is 5.82 Å². The molecule has 0 saturated heterocycles. The number of nitrogens with zero attached hydrogens (tertiary/aromatic N) is 5. The lowest BCUT2D eigenvalue weighted by Crippen LogP contribution is -2.33. The molecule has 1 fully saturated rings. The highest BCUT2D eigenvalue weighted by Gasteiger charge is 2.27. The van der Waals surface area contributed by atoms with Crippen molar-refractivity contribution in [1.82, 2.24) is 24.6 Å². The Labute approximate surface area is 167 Å². The van der Waals surface area contributed by atoms with Gasteiger partial charge in [-0.1, -0.05) is 0 Å². The number of carbonyl (C=O) groups is 1. The summed E-state index contributed by atoms with van der Waals surface area (Å²) in [7, 11) is 8.04. The van der Waals surface area contributed by atoms with E-state index in [1.807, 2.05) is 18.8 Å². The summed E-state index contributed by atoms with van der Waals surface area (Å²) in [6.07, 6.45) is 6.09. The average Bonchev–Trinajstić information content (AvgIpc) is 3.02. The van der Waals surface area contributed by atoms with Gasteiger partial charge >= 0.3 is 0 Å². The van der Waals surface area contributed by atoms with Gasteiger partial charge in [-0.25, -0.2) is 4.98 Å². The molecule has 7 heteroatoms. The molecule has 0 aromatic carbocycles. The molecule has 7 nitrogen and oxygen atoms in total. The molecule has 28 heavy (non-hydrogen) atoms. The standard InChI is InChI=1S/C21H32N6O/c1-25(2)14-17-12-19(24-27(17)4)16-9-7-15(8-10-16)13-26(3)21(28)18-6-5-11-23-20(18)22/h5-6,11-12,15-16H,7-10,13-14H2,1-4H3,(H2,22,23). The molecule has 0 unspecified atom stereocenters. The molecule has 0 spiro atoms. The van der Waals surface area contributed by atoms with Crippen molar-refractivity contribution >= 4 is 11.7 Å². The van der Waals surface area contributed by atoms with Crippen molar-refractivity contribution in [2.24, 2.45) is 13.0 Å². The number of anilines is 1. The third-order valence-corrected chi connectivity index (χ3v) is 5.69. The van der Waals surface area contributed by atoms with Crippen molar-refractivity contribution in [3.8, 4) is 0 Å². The molecule has 0 atom stereocenters. The molecule has 2 aromatic heterocycles. The van der Waals surface area contributed by atoms with Crippen LogP contribution in [0.3, 0.4) is 0 Å². The first-order valence-electron chi connectivity index (χ1n) is 9.98. The van der Waals surface area contributed by atoms with E-state index >= 15 is 0 Å². The Morgan fingerprint density at radius 3 is 2.61 bits per heavy atom. The van der Waals surface area contributed by atoms with Crippen LogP contribution in [0.15, 0.2) is 24.4 Å². The van der Waals surface area contributed by atoms with Crippen LogP contribution in [-0.2, 0) is 13.6 Å². The third-order valence-electron chi connectivity index (χ3n) is 5.69. The minimum absolute atomic E-state index is 0.0502. The molecule has 152 valence electrons. The molecule has 1 aliphatic carbocycles. The molecule has 0 radical (unpaired) electrons. The predicted molar refractivity (Wildman–Crippen MR) is 111 cm³/mol. The first kappa shape index (κ1) is 20.3. The molecular weight excluding hydrogens is 352 g/mol. The van der Waals surface area contributed by atoms with Gasteiger partial charge in [-0.15, -0.1) is 0 Å². The predicted octanol–water partition coefficient (Wildman–Crippen LogP) is 2.50. The maximum Gasteiger partial charge on any atom is 0.257 e. The van der Waals surface area contributed by atoms with Gasteiger partial charge in [0.25, 0.3) is 5.91 Å². The van der Waals surface area contributed by atoms with Crippen LogP contribution in [0.2, 0.25) is 0 Å². The largest absolute Gasteiger partial charge is 0.383 e. The van der Waals surface area contributed by atoms with Crippen LogP contribution in [0.25, 0.3) is 0 Å². The fourth-order valence-electron chi connectivity index (χ4n) is 4.12. The van der Waals surface area contributed by atoms with Crippen molar-refractivity contribution in [2.45, 2.75) is 38.1 Å². The van der Waals surface area contributed by atoms with Crippen molar-refractivity contribution in [1.29, 1.82) is 0 Å². The number of nitrogen functional groups attached to an aromatic ring is 1. The van der Waals surface area contributed by atoms with Crippen molar-refractivity contribution in [2.75, 3.05) is 33.4 Å². The maximum absolute atomic E-state index is 12.6. The summed E-state index contributed by atoms with van der Waals surface area (Å²) in [4.78, 5) is 20.6. The fourth-order valence-corrected chi connectivity index (χ4v) is 4.12. The van der Waals surface area contributed by atoms with Crippen molar-refractivity contribution in [3.05, 3.63) is 41.3 Å². The summed E-state index contributed by atoms with van der Waals surface area (Å²) in [5, 5.41) is 4.76. The number of aryl methyl sites for hydroxylation is 1. The van der Waals surface area contributed by atoms with Gasteiger partial charge in [0.05, 0.1) is 17.0 Å². The smallest absolute Gasteiger partial charge is 0.257 e. The van der Waals surface area contributed by atoms with E-state index in [-0.39, 0.29) is 5.91 Å². The van der Waals surface area contributed by atoms with Crippen LogP contribution < -0.4 is 5.73 Å². The van der Waals surface area contributed by atoms with Crippen LogP contribution in [0.1, 0.15) is 53.3 Å². The first-order valence-corrected chi connectivity index (χ1v) is 9.98. The third kappa shape index (κ3) is 4.70. The summed E-state index contributed by atoms with van der Waals surface area (Å²) in [5.74, 6) is 1.29. The minimum atomic E-state index is -0.0502. The Morgan fingerprint density at radius 1 is 1.25 bits per heavy atom. The van der Waals surface area contributed by atoms with Crippen LogP contribution in [0.5, 0.6) is 0 Å². The first-order chi connectivity index (χ1) is 13.3. The highest BCUT2D eigenvalue weighted by molar-refractivity contribution is 5.98. The Bertz CT molecular complexity index is 807. The Balaban J connectivity index is 1.54. The average molecular weight is 385 g/mol. The molecule has 2 N–H and O–H groups in total. The molecule has 1 amide bonds. The summed E-state index contributed by atoms with van der Waals surface area (Å²) in [6.45, 7) is 1.66. The van der Waals surface area contributed by atoms with E-state index < -0.39 is 0 Å². The Kier molecular flexibility index (Phi) is 6.34. The zero-order valence-corrected chi connectivity index (χ0v) is 17.4. The molecule has 1 aliphatic rings. The van der Waals surface area contributed by atoms with Gasteiger partial charge < -0.3 is 15.5 Å². The second-order valence-electron chi connectivity index (χ2n) is 8.26. The number of pyridine rings is 1. The number of rotatable bonds is 6. The van der Waals surface area contributed by atoms with Gasteiger partial charge in [-0.2, -0.15) is 5.10 Å². The van der Waals surface area contributed by atoms with E-state index in [0.29, 0.717) is 23.2 Å². The van der Waals surface area contributed by atoms with E-state index in [1.54, 1.807) is 23.2 Å². The minimum Gasteiger partial charge on any atom is -0.383 e. The topological polar surface area (TPSA) is 80.3 Å². The van der Waals surface area contributed by atoms with Crippen LogP contribution in [0.4, 0.5) is 5.82 Å². The zero-order valence-electron chi connectivity index (χ0n) is 17.4. The normalized spacial score (nSPS) is 19.8. The lowest BCUT2D eigenvalue weighted by atomic mass is 9.80. The zero-order chi connectivity index (χ0) is 20.3. The van der Waals surface area contributed by atoms with E-state index in [0.717, 1.165) is 38.8 Å². The second kappa shape index (κ2) is 8.73. The van der Waals surface area contributed by atoms with E-state index in [2.05, 4.69) is 30.0 Å². The quantitative estimate of drug-likeness (QED) is 0.828. The van der Waals surface area contributed by atoms with Gasteiger partial charge in [0.15, 0.2) is 0 Å². The maximum atomic E-state index is 12.6. The molecule has 3 rings (SSSR count). The summed E-state index contributed by atoms with van der Waals surface area (Å²) in [5.41, 5.74) is 8.80. The fraction of sp³-hybridized carbons (Fsp3) is 0.571. The van der Waals surface area contributed by atoms with Crippen LogP contribution in [-0.4, -0.2) is 58.2 Å². The lowest BCUT2D eigenvalue weighted by Gasteiger charge is -2.30. The van der Waals surface area contributed by atoms with Gasteiger partial charge in [0.2, 0.25) is 0 Å². The number of nitrogens with two attached hydrogens (primary N) is 1. The van der Waals surface area contributed by atoms with Gasteiger partial charge in [0, 0.05) is 39.3 Å². The van der Waals surface area contributed by atoms with Crippen molar-refractivity contribution in [3.63, 3.8) is 0 Å². The Hall–Kier alpha value is -2.41. The molecular formula is C21H32N6O. The van der Waals surface area contributed by atoms with Crippen LogP contribution >= 0.6 is 0 Å². The van der Waals surface area contributed by atoms with E-state index in [1.165, 1.54) is 11.4 Å². The highest BCUT2D eigenvalue weighted by atomic mass is 16.2. The number of aromatic nitrogens is 3. The number of hydrogen-bond donors (Lipinski definition) is 1. The second-order valence-corrected chi connectivity index (χ2v) is 8.26. The lowest BCUT2D eigenvalue weighted by molar-refractivity contribution is 0.0759. The van der Waals surface area contributed by atoms with Crippen molar-refractivity contribution < 1.29 is 4.79 Å². The highest BCUT2D eigenvalue weighted by Crippen LogP contribution is 2.36. The van der Waals surface area contributed by atoms with Crippen LogP contribution in [0, 0.1) is 5.92 Å². The van der Waals surface area contributed by atoms with E-state index in [4.69, 9.17) is 10.8 Å². The SMILES string of the molecule is CN(C)Cc1cc(C2CCC(CN(C)C(=O)c3cccnc3N)CC2)nn1C. The van der Waals surface area contributed by atoms with Gasteiger partial charge in [-0.3, -0.25) is 9.48 Å². The molecule has 1 saturated carbocycles. The number of amides is 1. The number of carbonyl (C=O) groups excluding carboxylic acids is 1. The monoisotopic (exact) mass is 384 g/mol. The summed E-state index contributed by atoms with van der Waals surface area (Å²) < 4.78 is 2.01. The summed E-state index contributed by atoms with van der Waals surface area (Å²) >= 11 is 0. The molecule has 0 bridgehead atoms. The number of hydrogen-bond acceptors (Lipinski definition) is 5. The van der Waals surface area contributed by atoms with Gasteiger partial charge in [-0.05, 0) is 63.9 Å². The molecule has 2 aromatic rings. The van der Waals surface area contributed by atoms with E-state index in [9.17, 15) is 4.79 Å². The Morgan fingerprint density at radius 2 is 1.96 bits per heavy atom.